The molecule has 0 amide bonds. The monoisotopic (exact) mass is 300 g/mol. The molecule has 16 heavy (non-hydrogen) atoms. The third-order valence-electron chi connectivity index (χ3n) is 1.91. The van der Waals surface area contributed by atoms with Crippen molar-refractivity contribution in [2.45, 2.75) is 11.8 Å². The molecule has 0 aliphatic carbocycles. The largest absolute Gasteiger partial charge is 0.478 e. The van der Waals surface area contributed by atoms with Gasteiger partial charge in [0.2, 0.25) is 0 Å². The van der Waals surface area contributed by atoms with Crippen LogP contribution in [0.25, 0.3) is 0 Å². The number of aliphatic carboxylic acids is 1. The highest BCUT2D eigenvalue weighted by atomic mass is 79.9. The van der Waals surface area contributed by atoms with Crippen LogP contribution < -0.4 is 0 Å². The number of carbonyl (C=O) groups is 1. The average molecular weight is 301 g/mol. The van der Waals surface area contributed by atoms with Crippen LogP contribution in [0, 0.1) is 0 Å². The summed E-state index contributed by atoms with van der Waals surface area (Å²) in [6.45, 7) is 0. The molecule has 0 fully saturated rings. The molecular weight excluding hydrogens is 296 g/mol. The van der Waals surface area contributed by atoms with E-state index in [-0.39, 0.29) is 4.47 Å². The second-order valence-corrected chi connectivity index (χ2v) is 3.89. The molecule has 0 aromatic heterocycles. The number of rotatable bonds is 2. The summed E-state index contributed by atoms with van der Waals surface area (Å²) in [7, 11) is 0. The molecule has 0 spiro atoms. The lowest BCUT2D eigenvalue weighted by molar-refractivity contribution is -0.240. The van der Waals surface area contributed by atoms with Crippen molar-refractivity contribution in [3.63, 3.8) is 0 Å². The highest BCUT2D eigenvalue weighted by molar-refractivity contribution is 9.10. The van der Waals surface area contributed by atoms with E-state index >= 15 is 0 Å². The maximum absolute atomic E-state index is 13.6. The summed E-state index contributed by atoms with van der Waals surface area (Å²) < 4.78 is 51.0. The molecule has 1 aromatic carbocycles. The minimum Gasteiger partial charge on any atom is -0.478 e. The molecule has 0 heterocycles. The molecule has 1 aromatic rings. The standard InChI is InChI=1S/C9H5BrF4O2/c10-6-3-1-2-5(4-6)8(11,7(15)16)9(12,13)14/h1-4H,(H,15,16). The second kappa shape index (κ2) is 4.04. The summed E-state index contributed by atoms with van der Waals surface area (Å²) >= 11 is 2.84. The number of benzene rings is 1. The Labute approximate surface area is 96.0 Å². The molecule has 0 aliphatic heterocycles. The first kappa shape index (κ1) is 13.0. The molecular formula is C9H5BrF4O2. The van der Waals surface area contributed by atoms with E-state index in [0.29, 0.717) is 0 Å². The Morgan fingerprint density at radius 1 is 1.25 bits per heavy atom. The van der Waals surface area contributed by atoms with E-state index in [1.165, 1.54) is 6.07 Å². The molecule has 0 saturated carbocycles. The molecule has 88 valence electrons. The van der Waals surface area contributed by atoms with E-state index in [4.69, 9.17) is 5.11 Å². The van der Waals surface area contributed by atoms with E-state index in [1.807, 2.05) is 0 Å². The van der Waals surface area contributed by atoms with Crippen LogP contribution in [0.3, 0.4) is 0 Å². The van der Waals surface area contributed by atoms with Gasteiger partial charge in [-0.15, -0.1) is 0 Å². The van der Waals surface area contributed by atoms with E-state index in [9.17, 15) is 22.4 Å². The van der Waals surface area contributed by atoms with E-state index in [1.54, 1.807) is 0 Å². The SMILES string of the molecule is O=C(O)C(F)(c1cccc(Br)c1)C(F)(F)F. The van der Waals surface area contributed by atoms with Crippen LogP contribution in [0.2, 0.25) is 0 Å². The molecule has 0 saturated heterocycles. The van der Waals surface area contributed by atoms with Crippen molar-refractivity contribution < 1.29 is 27.5 Å². The van der Waals surface area contributed by atoms with Crippen LogP contribution in [0.1, 0.15) is 5.56 Å². The van der Waals surface area contributed by atoms with Crippen LogP contribution >= 0.6 is 15.9 Å². The number of carboxylic acid groups (broad SMARTS) is 1. The molecule has 2 nitrogen and oxygen atoms in total. The van der Waals surface area contributed by atoms with Gasteiger partial charge in [-0.05, 0) is 12.1 Å². The summed E-state index contributed by atoms with van der Waals surface area (Å²) in [6, 6.07) is 4.04. The maximum Gasteiger partial charge on any atom is 0.437 e. The summed E-state index contributed by atoms with van der Waals surface area (Å²) in [6.07, 6.45) is -5.51. The van der Waals surface area contributed by atoms with Crippen molar-refractivity contribution >= 4 is 21.9 Å². The summed E-state index contributed by atoms with van der Waals surface area (Å²) in [5.74, 6) is -2.59. The smallest absolute Gasteiger partial charge is 0.437 e. The average Bonchev–Trinajstić information content (AvgIpc) is 2.14. The summed E-state index contributed by atoms with van der Waals surface area (Å²) in [5, 5.41) is 8.40. The third-order valence-corrected chi connectivity index (χ3v) is 2.40. The Bertz CT molecular complexity index is 418. The molecule has 0 radical (unpaired) electrons. The molecule has 7 heteroatoms. The number of halogens is 5. The molecule has 1 atom stereocenters. The van der Waals surface area contributed by atoms with Crippen molar-refractivity contribution in [1.29, 1.82) is 0 Å². The second-order valence-electron chi connectivity index (χ2n) is 2.97. The molecule has 0 bridgehead atoms. The number of carboxylic acids is 1. The summed E-state index contributed by atoms with van der Waals surface area (Å²) in [5.41, 5.74) is -5.36. The van der Waals surface area contributed by atoms with Crippen molar-refractivity contribution in [2.75, 3.05) is 0 Å². The third kappa shape index (κ3) is 2.04. The number of hydrogen-bond acceptors (Lipinski definition) is 1. The zero-order chi connectivity index (χ0) is 12.6. The predicted molar refractivity (Wildman–Crippen MR) is 50.6 cm³/mol. The number of alkyl halides is 4. The topological polar surface area (TPSA) is 37.3 Å². The van der Waals surface area contributed by atoms with Crippen molar-refractivity contribution in [3.05, 3.63) is 34.3 Å². The van der Waals surface area contributed by atoms with Crippen molar-refractivity contribution in [1.82, 2.24) is 0 Å². The fraction of sp³-hybridized carbons (Fsp3) is 0.222. The molecule has 1 rings (SSSR count). The zero-order valence-corrected chi connectivity index (χ0v) is 9.14. The lowest BCUT2D eigenvalue weighted by atomic mass is 9.95. The van der Waals surface area contributed by atoms with Gasteiger partial charge in [-0.3, -0.25) is 0 Å². The van der Waals surface area contributed by atoms with Gasteiger partial charge in [0.1, 0.15) is 0 Å². The van der Waals surface area contributed by atoms with Gasteiger partial charge in [-0.2, -0.15) is 13.2 Å². The van der Waals surface area contributed by atoms with Gasteiger partial charge in [0, 0.05) is 10.0 Å². The number of hydrogen-bond donors (Lipinski definition) is 1. The highest BCUT2D eigenvalue weighted by Crippen LogP contribution is 2.43. The first-order chi connectivity index (χ1) is 7.19. The van der Waals surface area contributed by atoms with Crippen LogP contribution in [-0.2, 0) is 10.5 Å². The zero-order valence-electron chi connectivity index (χ0n) is 7.55. The van der Waals surface area contributed by atoms with Crippen molar-refractivity contribution in [2.24, 2.45) is 0 Å². The van der Waals surface area contributed by atoms with Crippen LogP contribution in [0.5, 0.6) is 0 Å². The van der Waals surface area contributed by atoms with E-state index in [0.717, 1.165) is 18.2 Å². The fourth-order valence-electron chi connectivity index (χ4n) is 1.11. The minimum absolute atomic E-state index is 0.164. The Morgan fingerprint density at radius 3 is 2.19 bits per heavy atom. The van der Waals surface area contributed by atoms with Gasteiger partial charge < -0.3 is 5.11 Å². The van der Waals surface area contributed by atoms with Gasteiger partial charge in [-0.1, -0.05) is 28.1 Å². The molecule has 1 unspecified atom stereocenters. The first-order valence-corrected chi connectivity index (χ1v) is 4.74. The fourth-order valence-corrected chi connectivity index (χ4v) is 1.51. The Hall–Kier alpha value is -1.11. The molecule has 0 aliphatic rings. The van der Waals surface area contributed by atoms with Gasteiger partial charge >= 0.3 is 17.8 Å². The normalized spacial score (nSPS) is 15.6. The van der Waals surface area contributed by atoms with E-state index < -0.39 is 23.4 Å². The predicted octanol–water partition coefficient (Wildman–Crippen LogP) is 3.26. The lowest BCUT2D eigenvalue weighted by Gasteiger charge is -2.23. The highest BCUT2D eigenvalue weighted by Gasteiger charge is 2.63. The lowest BCUT2D eigenvalue weighted by Crippen LogP contribution is -2.45. The van der Waals surface area contributed by atoms with Gasteiger partial charge in [0.25, 0.3) is 0 Å². The van der Waals surface area contributed by atoms with Crippen LogP contribution in [0.15, 0.2) is 28.7 Å². The minimum atomic E-state index is -5.51. The van der Waals surface area contributed by atoms with Gasteiger partial charge in [0.05, 0.1) is 0 Å². The van der Waals surface area contributed by atoms with Crippen LogP contribution in [0.4, 0.5) is 17.6 Å². The first-order valence-electron chi connectivity index (χ1n) is 3.94. The Kier molecular flexibility index (Phi) is 3.27. The maximum atomic E-state index is 13.6. The van der Waals surface area contributed by atoms with Crippen molar-refractivity contribution in [3.8, 4) is 0 Å². The van der Waals surface area contributed by atoms with Crippen LogP contribution in [-0.4, -0.2) is 17.3 Å². The Balaban J connectivity index is 3.39. The Morgan fingerprint density at radius 2 is 1.81 bits per heavy atom. The van der Waals surface area contributed by atoms with Gasteiger partial charge in [-0.25, -0.2) is 9.18 Å². The van der Waals surface area contributed by atoms with Gasteiger partial charge in [0.15, 0.2) is 0 Å². The quantitative estimate of drug-likeness (QED) is 0.851. The molecule has 1 N–H and O–H groups in total. The summed E-state index contributed by atoms with van der Waals surface area (Å²) in [4.78, 5) is 10.5. The van der Waals surface area contributed by atoms with E-state index in [2.05, 4.69) is 15.9 Å².